The summed E-state index contributed by atoms with van der Waals surface area (Å²) in [6.07, 6.45) is 0. The fourth-order valence-corrected chi connectivity index (χ4v) is 2.81. The summed E-state index contributed by atoms with van der Waals surface area (Å²) in [4.78, 5) is 4.66. The van der Waals surface area contributed by atoms with Gasteiger partial charge in [0.05, 0.1) is 17.1 Å². The zero-order valence-electron chi connectivity index (χ0n) is 10.7. The van der Waals surface area contributed by atoms with E-state index >= 15 is 0 Å². The van der Waals surface area contributed by atoms with Crippen molar-refractivity contribution in [3.63, 3.8) is 0 Å². The Hall–Kier alpha value is -2.45. The maximum Gasteiger partial charge on any atom is 0.140 e. The van der Waals surface area contributed by atoms with E-state index in [9.17, 15) is 14.0 Å². The van der Waals surface area contributed by atoms with Gasteiger partial charge in [0.2, 0.25) is 0 Å². The van der Waals surface area contributed by atoms with Gasteiger partial charge < -0.3 is 0 Å². The van der Waals surface area contributed by atoms with Crippen molar-refractivity contribution in [2.45, 2.75) is 9.92 Å². The molecule has 0 unspecified atom stereocenters. The van der Waals surface area contributed by atoms with Gasteiger partial charge in [0.25, 0.3) is 0 Å². The second-order valence-electron chi connectivity index (χ2n) is 4.31. The Labute approximate surface area is 124 Å². The summed E-state index contributed by atoms with van der Waals surface area (Å²) in [6, 6.07) is 14.4. The van der Waals surface area contributed by atoms with Crippen LogP contribution in [0.1, 0.15) is 5.56 Å². The molecule has 2 nitrogen and oxygen atoms in total. The first-order chi connectivity index (χ1) is 10.2. The molecule has 0 radical (unpaired) electrons. The predicted molar refractivity (Wildman–Crippen MR) is 76.9 cm³/mol. The largest absolute Gasteiger partial charge is 0.241 e. The molecule has 5 heteroatoms. The van der Waals surface area contributed by atoms with E-state index in [1.54, 1.807) is 12.1 Å². The van der Waals surface area contributed by atoms with Crippen LogP contribution in [0, 0.1) is 23.0 Å². The molecule has 0 aliphatic rings. The third-order valence-corrected chi connectivity index (χ3v) is 3.89. The fourth-order valence-electron chi connectivity index (χ4n) is 1.97. The minimum absolute atomic E-state index is 0.267. The molecule has 0 spiro atoms. The first kappa shape index (κ1) is 13.5. The molecule has 0 fully saturated rings. The Morgan fingerprint density at radius 2 is 1.86 bits per heavy atom. The Bertz CT molecular complexity index is 872. The van der Waals surface area contributed by atoms with Crippen LogP contribution in [-0.4, -0.2) is 4.98 Å². The van der Waals surface area contributed by atoms with Gasteiger partial charge in [0.1, 0.15) is 16.7 Å². The molecule has 1 aromatic heterocycles. The average Bonchev–Trinajstić information content (AvgIpc) is 2.49. The highest BCUT2D eigenvalue weighted by Gasteiger charge is 2.10. The molecule has 0 bridgehead atoms. The standard InChI is InChI=1S/C16H8F2N2S/c17-11-5-6-15(13(18)8-11)21-16-7-10(9-19)12-3-1-2-4-14(12)20-16/h1-8H. The van der Waals surface area contributed by atoms with Crippen molar-refractivity contribution >= 4 is 22.7 Å². The molecule has 0 saturated carbocycles. The number of hydrogen-bond acceptors (Lipinski definition) is 3. The molecule has 0 amide bonds. The minimum Gasteiger partial charge on any atom is -0.241 e. The first-order valence-electron chi connectivity index (χ1n) is 6.10. The summed E-state index contributed by atoms with van der Waals surface area (Å²) < 4.78 is 26.6. The molecule has 0 atom stereocenters. The second kappa shape index (κ2) is 5.51. The molecule has 0 saturated heterocycles. The maximum atomic E-state index is 13.7. The summed E-state index contributed by atoms with van der Waals surface area (Å²) in [6.45, 7) is 0. The van der Waals surface area contributed by atoms with Crippen LogP contribution in [0.2, 0.25) is 0 Å². The van der Waals surface area contributed by atoms with Gasteiger partial charge in [-0.3, -0.25) is 0 Å². The van der Waals surface area contributed by atoms with E-state index in [0.29, 0.717) is 16.1 Å². The SMILES string of the molecule is N#Cc1cc(Sc2ccc(F)cc2F)nc2ccccc12. The zero-order valence-corrected chi connectivity index (χ0v) is 11.5. The summed E-state index contributed by atoms with van der Waals surface area (Å²) in [7, 11) is 0. The van der Waals surface area contributed by atoms with Crippen molar-refractivity contribution in [3.05, 3.63) is 65.7 Å². The van der Waals surface area contributed by atoms with Crippen LogP contribution in [0.4, 0.5) is 8.78 Å². The third-order valence-electron chi connectivity index (χ3n) is 2.92. The van der Waals surface area contributed by atoms with Crippen LogP contribution in [0.25, 0.3) is 10.9 Å². The highest BCUT2D eigenvalue weighted by Crippen LogP contribution is 2.31. The van der Waals surface area contributed by atoms with E-state index in [0.717, 1.165) is 23.2 Å². The van der Waals surface area contributed by atoms with Crippen LogP contribution < -0.4 is 0 Å². The van der Waals surface area contributed by atoms with Crippen molar-refractivity contribution in [1.82, 2.24) is 4.98 Å². The lowest BCUT2D eigenvalue weighted by molar-refractivity contribution is 0.565. The van der Waals surface area contributed by atoms with E-state index in [2.05, 4.69) is 11.1 Å². The smallest absolute Gasteiger partial charge is 0.140 e. The van der Waals surface area contributed by atoms with E-state index in [4.69, 9.17) is 0 Å². The van der Waals surface area contributed by atoms with Crippen LogP contribution in [0.5, 0.6) is 0 Å². The van der Waals surface area contributed by atoms with E-state index < -0.39 is 11.6 Å². The summed E-state index contributed by atoms with van der Waals surface area (Å²) in [5.74, 6) is -1.27. The van der Waals surface area contributed by atoms with Gasteiger partial charge in [0.15, 0.2) is 0 Å². The van der Waals surface area contributed by atoms with Gasteiger partial charge in [-0.25, -0.2) is 13.8 Å². The molecule has 0 aliphatic carbocycles. The molecule has 102 valence electrons. The Morgan fingerprint density at radius 1 is 1.05 bits per heavy atom. The van der Waals surface area contributed by atoms with Gasteiger partial charge in [-0.1, -0.05) is 30.0 Å². The Morgan fingerprint density at radius 3 is 2.62 bits per heavy atom. The van der Waals surface area contributed by atoms with Crippen LogP contribution in [-0.2, 0) is 0 Å². The number of halogens is 2. The lowest BCUT2D eigenvalue weighted by Gasteiger charge is -2.06. The average molecular weight is 298 g/mol. The van der Waals surface area contributed by atoms with Gasteiger partial charge in [-0.2, -0.15) is 5.26 Å². The van der Waals surface area contributed by atoms with Crippen molar-refractivity contribution in [3.8, 4) is 6.07 Å². The number of rotatable bonds is 2. The van der Waals surface area contributed by atoms with Gasteiger partial charge in [0, 0.05) is 16.3 Å². The molecule has 3 rings (SSSR count). The van der Waals surface area contributed by atoms with Crippen molar-refractivity contribution in [2.75, 3.05) is 0 Å². The number of para-hydroxylation sites is 1. The summed E-state index contributed by atoms with van der Waals surface area (Å²) in [5.41, 5.74) is 1.15. The number of benzene rings is 2. The molecule has 0 N–H and O–H groups in total. The van der Waals surface area contributed by atoms with Crippen LogP contribution in [0.3, 0.4) is 0 Å². The zero-order chi connectivity index (χ0) is 14.8. The highest BCUT2D eigenvalue weighted by atomic mass is 32.2. The van der Waals surface area contributed by atoms with E-state index in [1.165, 1.54) is 12.1 Å². The van der Waals surface area contributed by atoms with Gasteiger partial charge >= 0.3 is 0 Å². The van der Waals surface area contributed by atoms with Crippen LogP contribution in [0.15, 0.2) is 58.5 Å². The number of nitriles is 1. The third kappa shape index (κ3) is 2.71. The number of nitrogens with zero attached hydrogens (tertiary/aromatic N) is 2. The second-order valence-corrected chi connectivity index (χ2v) is 5.38. The molecule has 21 heavy (non-hydrogen) atoms. The Balaban J connectivity index is 2.07. The van der Waals surface area contributed by atoms with Gasteiger partial charge in [-0.05, 0) is 24.3 Å². The maximum absolute atomic E-state index is 13.7. The number of fused-ring (bicyclic) bond motifs is 1. The minimum atomic E-state index is -0.645. The highest BCUT2D eigenvalue weighted by molar-refractivity contribution is 7.99. The lowest BCUT2D eigenvalue weighted by atomic mass is 10.1. The monoisotopic (exact) mass is 298 g/mol. The summed E-state index contributed by atoms with van der Waals surface area (Å²) >= 11 is 1.06. The fraction of sp³-hybridized carbons (Fsp3) is 0. The number of aromatic nitrogens is 1. The molecule has 3 aromatic rings. The molecular weight excluding hydrogens is 290 g/mol. The molecule has 1 heterocycles. The molecule has 0 aliphatic heterocycles. The van der Waals surface area contributed by atoms with E-state index in [1.807, 2.05) is 18.2 Å². The normalized spacial score (nSPS) is 10.5. The summed E-state index contributed by atoms with van der Waals surface area (Å²) in [5, 5.41) is 10.5. The first-order valence-corrected chi connectivity index (χ1v) is 6.92. The van der Waals surface area contributed by atoms with E-state index in [-0.39, 0.29) is 4.90 Å². The van der Waals surface area contributed by atoms with Crippen LogP contribution >= 0.6 is 11.8 Å². The van der Waals surface area contributed by atoms with Crippen molar-refractivity contribution in [1.29, 1.82) is 5.26 Å². The quantitative estimate of drug-likeness (QED) is 0.697. The topological polar surface area (TPSA) is 36.7 Å². The molecule has 2 aromatic carbocycles. The Kier molecular flexibility index (Phi) is 3.55. The van der Waals surface area contributed by atoms with Crippen molar-refractivity contribution < 1.29 is 8.78 Å². The van der Waals surface area contributed by atoms with Crippen molar-refractivity contribution in [2.24, 2.45) is 0 Å². The number of pyridine rings is 1. The number of hydrogen-bond donors (Lipinski definition) is 0. The predicted octanol–water partition coefficient (Wildman–Crippen LogP) is 4.54. The lowest BCUT2D eigenvalue weighted by Crippen LogP contribution is -1.89. The molecular formula is C16H8F2N2S. The van der Waals surface area contributed by atoms with Gasteiger partial charge in [-0.15, -0.1) is 0 Å².